The molecule has 1 saturated heterocycles. The first-order valence-electron chi connectivity index (χ1n) is 7.76. The molecule has 1 aromatic heterocycles. The zero-order valence-corrected chi connectivity index (χ0v) is 14.0. The van der Waals surface area contributed by atoms with Crippen molar-refractivity contribution >= 4 is 5.91 Å². The summed E-state index contributed by atoms with van der Waals surface area (Å²) in [5.41, 5.74) is 1.06. The molecule has 0 radical (unpaired) electrons. The maximum atomic E-state index is 12.5. The summed E-state index contributed by atoms with van der Waals surface area (Å²) in [7, 11) is 3.20. The number of hydrogen-bond acceptors (Lipinski definition) is 5. The van der Waals surface area contributed by atoms with E-state index in [1.165, 1.54) is 0 Å². The Morgan fingerprint density at radius 1 is 1.17 bits per heavy atom. The molecular weight excluding hydrogens is 306 g/mol. The van der Waals surface area contributed by atoms with E-state index in [2.05, 4.69) is 15.6 Å². The molecule has 1 fully saturated rings. The number of carbonyl (C=O) groups excluding carboxylic acids is 1. The molecule has 1 aliphatic rings. The minimum atomic E-state index is -0.720. The molecule has 1 aliphatic heterocycles. The highest BCUT2D eigenvalue weighted by Gasteiger charge is 2.43. The van der Waals surface area contributed by atoms with E-state index in [1.807, 2.05) is 43.3 Å². The van der Waals surface area contributed by atoms with Gasteiger partial charge in [-0.3, -0.25) is 15.1 Å². The number of rotatable bonds is 5. The highest BCUT2D eigenvalue weighted by atomic mass is 16.5. The molecule has 1 amide bonds. The summed E-state index contributed by atoms with van der Waals surface area (Å²) in [4.78, 5) is 16.8. The Kier molecular flexibility index (Phi) is 4.40. The zero-order valence-electron chi connectivity index (χ0n) is 14.0. The Morgan fingerprint density at radius 2 is 1.96 bits per heavy atom. The molecule has 0 saturated carbocycles. The number of pyridine rings is 1. The lowest BCUT2D eigenvalue weighted by molar-refractivity contribution is -0.123. The number of ether oxygens (including phenoxy) is 2. The first-order chi connectivity index (χ1) is 11.6. The van der Waals surface area contributed by atoms with Crippen molar-refractivity contribution in [3.05, 3.63) is 53.9 Å². The number of aromatic nitrogens is 1. The van der Waals surface area contributed by atoms with Crippen LogP contribution in [0.25, 0.3) is 0 Å². The van der Waals surface area contributed by atoms with Crippen molar-refractivity contribution < 1.29 is 14.3 Å². The van der Waals surface area contributed by atoms with Crippen LogP contribution in [0.2, 0.25) is 0 Å². The van der Waals surface area contributed by atoms with Crippen LogP contribution >= 0.6 is 0 Å². The summed E-state index contributed by atoms with van der Waals surface area (Å²) in [5.74, 6) is 1.27. The number of methoxy groups -OCH3 is 2. The average molecular weight is 327 g/mol. The standard InChI is InChI=1S/C18H21N3O3/c1-18(11-12-7-8-14(23-2)15(10-12)24-3)17(22)20-16(21-18)13-6-4-5-9-19-13/h4-10,16,21H,11H2,1-3H3,(H,20,22)/t16-,18+/m1/s1. The molecule has 0 aliphatic carbocycles. The van der Waals surface area contributed by atoms with E-state index < -0.39 is 5.54 Å². The molecule has 2 N–H and O–H groups in total. The number of nitrogens with one attached hydrogen (secondary N) is 2. The van der Waals surface area contributed by atoms with Gasteiger partial charge < -0.3 is 14.8 Å². The quantitative estimate of drug-likeness (QED) is 0.876. The van der Waals surface area contributed by atoms with Gasteiger partial charge in [0.15, 0.2) is 11.5 Å². The maximum absolute atomic E-state index is 12.5. The van der Waals surface area contributed by atoms with Crippen LogP contribution in [0, 0.1) is 0 Å². The van der Waals surface area contributed by atoms with Gasteiger partial charge in [0.1, 0.15) is 11.7 Å². The Morgan fingerprint density at radius 3 is 2.62 bits per heavy atom. The van der Waals surface area contributed by atoms with E-state index in [9.17, 15) is 4.79 Å². The SMILES string of the molecule is COc1ccc(C[C@]2(C)N[C@H](c3ccccn3)NC2=O)cc1OC. The molecule has 0 bridgehead atoms. The van der Waals surface area contributed by atoms with Crippen molar-refractivity contribution in [2.45, 2.75) is 25.0 Å². The second-order valence-electron chi connectivity index (χ2n) is 6.00. The van der Waals surface area contributed by atoms with Crippen LogP contribution in [0.3, 0.4) is 0 Å². The number of benzene rings is 1. The number of nitrogens with zero attached hydrogens (tertiary/aromatic N) is 1. The Bertz CT molecular complexity index is 736. The van der Waals surface area contributed by atoms with Crippen molar-refractivity contribution in [1.29, 1.82) is 0 Å². The minimum Gasteiger partial charge on any atom is -0.493 e. The van der Waals surface area contributed by atoms with Crippen LogP contribution in [-0.2, 0) is 11.2 Å². The predicted molar refractivity (Wildman–Crippen MR) is 89.9 cm³/mol. The number of hydrogen-bond donors (Lipinski definition) is 2. The summed E-state index contributed by atoms with van der Waals surface area (Å²) in [6.07, 6.45) is 1.96. The summed E-state index contributed by atoms with van der Waals surface area (Å²) >= 11 is 0. The fourth-order valence-corrected chi connectivity index (χ4v) is 2.94. The molecule has 2 atom stereocenters. The van der Waals surface area contributed by atoms with Crippen LogP contribution in [0.4, 0.5) is 0 Å². The molecule has 126 valence electrons. The van der Waals surface area contributed by atoms with Gasteiger partial charge in [0, 0.05) is 6.20 Å². The molecule has 2 aromatic rings. The number of carbonyl (C=O) groups is 1. The van der Waals surface area contributed by atoms with Gasteiger partial charge in [0.25, 0.3) is 0 Å². The van der Waals surface area contributed by atoms with E-state index >= 15 is 0 Å². The summed E-state index contributed by atoms with van der Waals surface area (Å²) in [6, 6.07) is 11.3. The van der Waals surface area contributed by atoms with Gasteiger partial charge in [-0.2, -0.15) is 0 Å². The van der Waals surface area contributed by atoms with Gasteiger partial charge in [0.2, 0.25) is 5.91 Å². The van der Waals surface area contributed by atoms with Crippen LogP contribution < -0.4 is 20.1 Å². The first-order valence-corrected chi connectivity index (χ1v) is 7.76. The van der Waals surface area contributed by atoms with Crippen LogP contribution in [0.1, 0.15) is 24.3 Å². The molecule has 6 nitrogen and oxygen atoms in total. The van der Waals surface area contributed by atoms with E-state index in [4.69, 9.17) is 9.47 Å². The lowest BCUT2D eigenvalue weighted by Crippen LogP contribution is -2.45. The molecule has 1 aromatic carbocycles. The lowest BCUT2D eigenvalue weighted by Gasteiger charge is -2.23. The van der Waals surface area contributed by atoms with Gasteiger partial charge in [-0.05, 0) is 43.2 Å². The highest BCUT2D eigenvalue weighted by Crippen LogP contribution is 2.30. The zero-order chi connectivity index (χ0) is 17.2. The van der Waals surface area contributed by atoms with Crippen molar-refractivity contribution in [3.8, 4) is 11.5 Å². The molecule has 0 unspecified atom stereocenters. The predicted octanol–water partition coefficient (Wildman–Crippen LogP) is 1.82. The molecular formula is C18H21N3O3. The Hall–Kier alpha value is -2.60. The van der Waals surface area contributed by atoms with Gasteiger partial charge >= 0.3 is 0 Å². The molecule has 3 rings (SSSR count). The van der Waals surface area contributed by atoms with Crippen LogP contribution in [0.5, 0.6) is 11.5 Å². The summed E-state index contributed by atoms with van der Waals surface area (Å²) in [6.45, 7) is 1.89. The summed E-state index contributed by atoms with van der Waals surface area (Å²) < 4.78 is 10.6. The normalized spacial score (nSPS) is 23.0. The Labute approximate surface area is 141 Å². The van der Waals surface area contributed by atoms with Crippen molar-refractivity contribution in [2.24, 2.45) is 0 Å². The fourth-order valence-electron chi connectivity index (χ4n) is 2.94. The van der Waals surface area contributed by atoms with Crippen LogP contribution in [-0.4, -0.2) is 30.6 Å². The molecule has 2 heterocycles. The largest absolute Gasteiger partial charge is 0.493 e. The maximum Gasteiger partial charge on any atom is 0.241 e. The van der Waals surface area contributed by atoms with E-state index in [-0.39, 0.29) is 12.1 Å². The van der Waals surface area contributed by atoms with Crippen LogP contribution in [0.15, 0.2) is 42.6 Å². The highest BCUT2D eigenvalue weighted by molar-refractivity contribution is 5.88. The third-order valence-corrected chi connectivity index (χ3v) is 4.23. The van der Waals surface area contributed by atoms with Crippen molar-refractivity contribution in [1.82, 2.24) is 15.6 Å². The van der Waals surface area contributed by atoms with Crippen molar-refractivity contribution in [2.75, 3.05) is 14.2 Å². The van der Waals surface area contributed by atoms with Crippen molar-refractivity contribution in [3.63, 3.8) is 0 Å². The van der Waals surface area contributed by atoms with Gasteiger partial charge in [-0.1, -0.05) is 12.1 Å². The average Bonchev–Trinajstić information content (AvgIpc) is 2.90. The monoisotopic (exact) mass is 327 g/mol. The topological polar surface area (TPSA) is 72.5 Å². The summed E-state index contributed by atoms with van der Waals surface area (Å²) in [5, 5.41) is 6.32. The number of amides is 1. The third-order valence-electron chi connectivity index (χ3n) is 4.23. The molecule has 24 heavy (non-hydrogen) atoms. The minimum absolute atomic E-state index is 0.0482. The molecule has 6 heteroatoms. The lowest BCUT2D eigenvalue weighted by atomic mass is 9.93. The smallest absolute Gasteiger partial charge is 0.241 e. The first kappa shape index (κ1) is 16.3. The molecule has 0 spiro atoms. The van der Waals surface area contributed by atoms with E-state index in [0.717, 1.165) is 11.3 Å². The van der Waals surface area contributed by atoms with E-state index in [0.29, 0.717) is 17.9 Å². The second kappa shape index (κ2) is 6.49. The van der Waals surface area contributed by atoms with Gasteiger partial charge in [-0.25, -0.2) is 0 Å². The fraction of sp³-hybridized carbons (Fsp3) is 0.333. The Balaban J connectivity index is 1.80. The van der Waals surface area contributed by atoms with E-state index in [1.54, 1.807) is 20.4 Å². The third kappa shape index (κ3) is 3.05. The second-order valence-corrected chi connectivity index (χ2v) is 6.00. The van der Waals surface area contributed by atoms with Gasteiger partial charge in [-0.15, -0.1) is 0 Å². The van der Waals surface area contributed by atoms with Gasteiger partial charge in [0.05, 0.1) is 19.9 Å².